The quantitative estimate of drug-likeness (QED) is 0.879. The first kappa shape index (κ1) is 14.7. The fraction of sp³-hybridized carbons (Fsp3) is 0.500. The van der Waals surface area contributed by atoms with Crippen LogP contribution < -0.4 is 5.32 Å². The number of nitrogens with one attached hydrogen (secondary N) is 1. The van der Waals surface area contributed by atoms with E-state index in [0.29, 0.717) is 0 Å². The van der Waals surface area contributed by atoms with Crippen LogP contribution in [-0.4, -0.2) is 21.8 Å². The summed E-state index contributed by atoms with van der Waals surface area (Å²) >= 11 is 0. The molecule has 1 unspecified atom stereocenters. The Morgan fingerprint density at radius 3 is 2.55 bits per heavy atom. The average Bonchev–Trinajstić information content (AvgIpc) is 2.85. The van der Waals surface area contributed by atoms with Crippen molar-refractivity contribution in [3.63, 3.8) is 0 Å². The van der Waals surface area contributed by atoms with Gasteiger partial charge in [-0.25, -0.2) is 4.98 Å². The van der Waals surface area contributed by atoms with Gasteiger partial charge in [0.15, 0.2) is 0 Å². The lowest BCUT2D eigenvalue weighted by molar-refractivity contribution is 0.514. The molecule has 0 fully saturated rings. The van der Waals surface area contributed by atoms with Crippen molar-refractivity contribution in [3.05, 3.63) is 47.0 Å². The van der Waals surface area contributed by atoms with Crippen molar-refractivity contribution in [2.75, 3.05) is 7.05 Å². The molecular formula is C16H24N4. The molecule has 0 radical (unpaired) electrons. The lowest BCUT2D eigenvalue weighted by Crippen LogP contribution is -2.23. The van der Waals surface area contributed by atoms with Gasteiger partial charge in [-0.2, -0.15) is 5.10 Å². The van der Waals surface area contributed by atoms with Crippen molar-refractivity contribution in [1.29, 1.82) is 0 Å². The molecule has 0 saturated carbocycles. The summed E-state index contributed by atoms with van der Waals surface area (Å²) in [4.78, 5) is 4.42. The molecule has 0 bridgehead atoms. The van der Waals surface area contributed by atoms with E-state index < -0.39 is 0 Å². The maximum absolute atomic E-state index is 4.42. The van der Waals surface area contributed by atoms with Crippen LogP contribution in [0.1, 0.15) is 41.9 Å². The van der Waals surface area contributed by atoms with Crippen LogP contribution in [0, 0.1) is 13.8 Å². The molecule has 1 aromatic carbocycles. The van der Waals surface area contributed by atoms with Crippen LogP contribution in [0.5, 0.6) is 0 Å². The number of aromatic nitrogens is 3. The standard InChI is InChI=1S/C16H24N4/c1-5-9-20-15(18-11-19-20)10-14(17-4)16-12(2)7-6-8-13(16)3/h6-8,11,14,17H,5,9-10H2,1-4H3. The van der Waals surface area contributed by atoms with Crippen LogP contribution in [0.2, 0.25) is 0 Å². The minimum atomic E-state index is 0.274. The molecule has 1 heterocycles. The summed E-state index contributed by atoms with van der Waals surface area (Å²) in [5.41, 5.74) is 4.03. The van der Waals surface area contributed by atoms with E-state index >= 15 is 0 Å². The zero-order chi connectivity index (χ0) is 14.5. The molecule has 1 atom stereocenters. The third kappa shape index (κ3) is 3.07. The predicted octanol–water partition coefficient (Wildman–Crippen LogP) is 2.81. The van der Waals surface area contributed by atoms with Crippen LogP contribution in [-0.2, 0) is 13.0 Å². The Kier molecular flexibility index (Phi) is 4.90. The highest BCUT2D eigenvalue weighted by Gasteiger charge is 2.17. The largest absolute Gasteiger partial charge is 0.313 e. The van der Waals surface area contributed by atoms with Gasteiger partial charge in [-0.1, -0.05) is 25.1 Å². The number of nitrogens with zero attached hydrogens (tertiary/aromatic N) is 3. The van der Waals surface area contributed by atoms with Gasteiger partial charge >= 0.3 is 0 Å². The molecule has 4 heteroatoms. The molecule has 108 valence electrons. The summed E-state index contributed by atoms with van der Waals surface area (Å²) in [7, 11) is 2.01. The Labute approximate surface area is 121 Å². The minimum absolute atomic E-state index is 0.274. The second-order valence-corrected chi connectivity index (χ2v) is 5.25. The lowest BCUT2D eigenvalue weighted by Gasteiger charge is -2.21. The van der Waals surface area contributed by atoms with E-state index in [1.807, 2.05) is 11.7 Å². The Hall–Kier alpha value is -1.68. The maximum Gasteiger partial charge on any atom is 0.138 e. The van der Waals surface area contributed by atoms with Gasteiger partial charge < -0.3 is 5.32 Å². The topological polar surface area (TPSA) is 42.7 Å². The van der Waals surface area contributed by atoms with E-state index in [4.69, 9.17) is 0 Å². The Morgan fingerprint density at radius 1 is 1.25 bits per heavy atom. The SMILES string of the molecule is CCCn1ncnc1CC(NC)c1c(C)cccc1C. The Morgan fingerprint density at radius 2 is 1.95 bits per heavy atom. The molecule has 1 aromatic heterocycles. The highest BCUT2D eigenvalue weighted by Crippen LogP contribution is 2.24. The van der Waals surface area contributed by atoms with Crippen LogP contribution in [0.4, 0.5) is 0 Å². The molecule has 0 saturated heterocycles. The number of hydrogen-bond donors (Lipinski definition) is 1. The first-order valence-electron chi connectivity index (χ1n) is 7.27. The molecule has 0 aliphatic heterocycles. The first-order valence-corrected chi connectivity index (χ1v) is 7.27. The molecule has 2 aromatic rings. The number of likely N-dealkylation sites (N-methyl/N-ethyl adjacent to an activating group) is 1. The third-order valence-electron chi connectivity index (χ3n) is 3.76. The lowest BCUT2D eigenvalue weighted by atomic mass is 9.94. The van der Waals surface area contributed by atoms with E-state index in [9.17, 15) is 0 Å². The molecule has 1 N–H and O–H groups in total. The smallest absolute Gasteiger partial charge is 0.138 e. The van der Waals surface area contributed by atoms with Gasteiger partial charge in [-0.15, -0.1) is 0 Å². The summed E-state index contributed by atoms with van der Waals surface area (Å²) in [6, 6.07) is 6.73. The second kappa shape index (κ2) is 6.66. The summed E-state index contributed by atoms with van der Waals surface area (Å²) in [6.07, 6.45) is 3.59. The van der Waals surface area contributed by atoms with Crippen LogP contribution in [0.25, 0.3) is 0 Å². The van der Waals surface area contributed by atoms with Crippen molar-refractivity contribution in [2.45, 2.75) is 46.2 Å². The van der Waals surface area contributed by atoms with Gasteiger partial charge in [0.25, 0.3) is 0 Å². The third-order valence-corrected chi connectivity index (χ3v) is 3.76. The van der Waals surface area contributed by atoms with Gasteiger partial charge in [-0.3, -0.25) is 4.68 Å². The van der Waals surface area contributed by atoms with Gasteiger partial charge in [0.2, 0.25) is 0 Å². The number of aryl methyl sites for hydroxylation is 3. The highest BCUT2D eigenvalue weighted by atomic mass is 15.3. The van der Waals surface area contributed by atoms with Crippen molar-refractivity contribution < 1.29 is 0 Å². The Balaban J connectivity index is 2.27. The first-order chi connectivity index (χ1) is 9.67. The van der Waals surface area contributed by atoms with Gasteiger partial charge in [0, 0.05) is 19.0 Å². The van der Waals surface area contributed by atoms with Gasteiger partial charge in [-0.05, 0) is 44.0 Å². The average molecular weight is 272 g/mol. The van der Waals surface area contributed by atoms with E-state index in [1.54, 1.807) is 6.33 Å². The summed E-state index contributed by atoms with van der Waals surface area (Å²) < 4.78 is 2.01. The highest BCUT2D eigenvalue weighted by molar-refractivity contribution is 5.36. The number of hydrogen-bond acceptors (Lipinski definition) is 3. The minimum Gasteiger partial charge on any atom is -0.313 e. The van der Waals surface area contributed by atoms with E-state index in [2.05, 4.69) is 54.4 Å². The molecule has 0 spiro atoms. The molecule has 2 rings (SSSR count). The molecule has 0 aliphatic carbocycles. The monoisotopic (exact) mass is 272 g/mol. The van der Waals surface area contributed by atoms with Gasteiger partial charge in [0.1, 0.15) is 12.2 Å². The second-order valence-electron chi connectivity index (χ2n) is 5.25. The molecular weight excluding hydrogens is 248 g/mol. The van der Waals surface area contributed by atoms with Crippen molar-refractivity contribution >= 4 is 0 Å². The number of benzene rings is 1. The maximum atomic E-state index is 4.42. The van der Waals surface area contributed by atoms with Crippen molar-refractivity contribution in [3.8, 4) is 0 Å². The van der Waals surface area contributed by atoms with Crippen molar-refractivity contribution in [2.24, 2.45) is 0 Å². The summed E-state index contributed by atoms with van der Waals surface area (Å²) in [6.45, 7) is 7.43. The fourth-order valence-electron chi connectivity index (χ4n) is 2.75. The van der Waals surface area contributed by atoms with Crippen LogP contribution >= 0.6 is 0 Å². The predicted molar refractivity (Wildman–Crippen MR) is 81.7 cm³/mol. The summed E-state index contributed by atoms with van der Waals surface area (Å²) in [5.74, 6) is 1.05. The van der Waals surface area contributed by atoms with E-state index in [-0.39, 0.29) is 6.04 Å². The number of rotatable bonds is 6. The Bertz CT molecular complexity index is 539. The van der Waals surface area contributed by atoms with E-state index in [1.165, 1.54) is 16.7 Å². The zero-order valence-corrected chi connectivity index (χ0v) is 12.8. The van der Waals surface area contributed by atoms with Crippen LogP contribution in [0.15, 0.2) is 24.5 Å². The van der Waals surface area contributed by atoms with Crippen LogP contribution in [0.3, 0.4) is 0 Å². The van der Waals surface area contributed by atoms with Gasteiger partial charge in [0.05, 0.1) is 0 Å². The molecule has 0 amide bonds. The zero-order valence-electron chi connectivity index (χ0n) is 12.8. The normalized spacial score (nSPS) is 12.6. The fourth-order valence-corrected chi connectivity index (χ4v) is 2.75. The molecule has 4 nitrogen and oxygen atoms in total. The molecule has 20 heavy (non-hydrogen) atoms. The van der Waals surface area contributed by atoms with E-state index in [0.717, 1.165) is 25.2 Å². The summed E-state index contributed by atoms with van der Waals surface area (Å²) in [5, 5.41) is 7.74. The van der Waals surface area contributed by atoms with Crippen molar-refractivity contribution in [1.82, 2.24) is 20.1 Å². The molecule has 0 aliphatic rings.